The number of aliphatic hydroxyl groups excluding tert-OH is 1. The number of aliphatic hydroxyl groups is 1. The van der Waals surface area contributed by atoms with E-state index in [0.717, 1.165) is 13.0 Å². The summed E-state index contributed by atoms with van der Waals surface area (Å²) >= 11 is 0. The standard InChI is InChI=1S/C4H8O2.H4N2/c5-4-1-2-6-3-4;1-2/h4-5H,1-3H2;1-2H2. The van der Waals surface area contributed by atoms with Gasteiger partial charge in [0.15, 0.2) is 0 Å². The van der Waals surface area contributed by atoms with Gasteiger partial charge in [-0.3, -0.25) is 11.7 Å². The largest absolute Gasteiger partial charge is 0.391 e. The van der Waals surface area contributed by atoms with Gasteiger partial charge in [0.1, 0.15) is 0 Å². The van der Waals surface area contributed by atoms with Crippen molar-refractivity contribution in [2.45, 2.75) is 12.5 Å². The molecule has 0 aliphatic carbocycles. The third-order valence-electron chi connectivity index (χ3n) is 0.906. The van der Waals surface area contributed by atoms with E-state index < -0.39 is 0 Å². The van der Waals surface area contributed by atoms with Crippen molar-refractivity contribution in [2.24, 2.45) is 11.7 Å². The van der Waals surface area contributed by atoms with Crippen LogP contribution in [0.15, 0.2) is 0 Å². The Balaban J connectivity index is 0.000000222. The summed E-state index contributed by atoms with van der Waals surface area (Å²) in [5.41, 5.74) is 0. The molecule has 1 rings (SSSR count). The van der Waals surface area contributed by atoms with Gasteiger partial charge in [-0.2, -0.15) is 0 Å². The zero-order chi connectivity index (χ0) is 6.41. The quantitative estimate of drug-likeness (QED) is 0.271. The van der Waals surface area contributed by atoms with Crippen LogP contribution in [0.2, 0.25) is 0 Å². The Morgan fingerprint density at radius 2 is 2.12 bits per heavy atom. The van der Waals surface area contributed by atoms with Crippen LogP contribution >= 0.6 is 0 Å². The molecular weight excluding hydrogens is 108 g/mol. The Hall–Kier alpha value is -0.160. The second kappa shape index (κ2) is 4.99. The monoisotopic (exact) mass is 120 g/mol. The number of nitrogens with two attached hydrogens (primary N) is 2. The average molecular weight is 120 g/mol. The topological polar surface area (TPSA) is 81.5 Å². The van der Waals surface area contributed by atoms with Gasteiger partial charge in [-0.05, 0) is 6.42 Å². The van der Waals surface area contributed by atoms with Crippen LogP contribution in [0.1, 0.15) is 6.42 Å². The van der Waals surface area contributed by atoms with Gasteiger partial charge in [0.25, 0.3) is 0 Å². The highest BCUT2D eigenvalue weighted by atomic mass is 16.5. The first-order valence-corrected chi connectivity index (χ1v) is 2.49. The van der Waals surface area contributed by atoms with E-state index in [2.05, 4.69) is 11.7 Å². The maximum absolute atomic E-state index is 8.60. The lowest BCUT2D eigenvalue weighted by molar-refractivity contribution is 0.127. The van der Waals surface area contributed by atoms with Gasteiger partial charge in [0.2, 0.25) is 0 Å². The van der Waals surface area contributed by atoms with Gasteiger partial charge in [-0.1, -0.05) is 0 Å². The Labute approximate surface area is 48.4 Å². The Morgan fingerprint density at radius 1 is 1.50 bits per heavy atom. The highest BCUT2D eigenvalue weighted by Gasteiger charge is 2.09. The summed E-state index contributed by atoms with van der Waals surface area (Å²) < 4.78 is 4.81. The SMILES string of the molecule is NN.OC1CCOC1. The van der Waals surface area contributed by atoms with Crippen LogP contribution in [-0.2, 0) is 4.74 Å². The molecule has 4 heteroatoms. The molecule has 1 saturated heterocycles. The minimum atomic E-state index is -0.176. The zero-order valence-electron chi connectivity index (χ0n) is 4.71. The first kappa shape index (κ1) is 7.84. The molecule has 8 heavy (non-hydrogen) atoms. The summed E-state index contributed by atoms with van der Waals surface area (Å²) in [6.07, 6.45) is 0.644. The number of rotatable bonds is 0. The molecule has 1 fully saturated rings. The highest BCUT2D eigenvalue weighted by molar-refractivity contribution is 4.58. The second-order valence-electron chi connectivity index (χ2n) is 1.52. The lowest BCUT2D eigenvalue weighted by Crippen LogP contribution is -2.02. The van der Waals surface area contributed by atoms with E-state index in [1.807, 2.05) is 0 Å². The van der Waals surface area contributed by atoms with E-state index >= 15 is 0 Å². The van der Waals surface area contributed by atoms with E-state index in [1.165, 1.54) is 0 Å². The smallest absolute Gasteiger partial charge is 0.0795 e. The Morgan fingerprint density at radius 3 is 2.25 bits per heavy atom. The van der Waals surface area contributed by atoms with Crippen molar-refractivity contribution in [2.75, 3.05) is 13.2 Å². The second-order valence-corrected chi connectivity index (χ2v) is 1.52. The molecule has 0 bridgehead atoms. The fraction of sp³-hybridized carbons (Fsp3) is 1.00. The molecule has 1 heterocycles. The molecule has 50 valence electrons. The molecule has 0 saturated carbocycles. The van der Waals surface area contributed by atoms with Crippen LogP contribution in [-0.4, -0.2) is 24.4 Å². The minimum Gasteiger partial charge on any atom is -0.391 e. The van der Waals surface area contributed by atoms with Gasteiger partial charge in [0, 0.05) is 6.61 Å². The van der Waals surface area contributed by atoms with Crippen molar-refractivity contribution in [1.29, 1.82) is 0 Å². The van der Waals surface area contributed by atoms with Crippen molar-refractivity contribution in [3.63, 3.8) is 0 Å². The van der Waals surface area contributed by atoms with Crippen LogP contribution in [0.3, 0.4) is 0 Å². The van der Waals surface area contributed by atoms with Crippen LogP contribution in [0.4, 0.5) is 0 Å². The van der Waals surface area contributed by atoms with Crippen LogP contribution in [0.25, 0.3) is 0 Å². The number of ether oxygens (including phenoxy) is 1. The predicted octanol–water partition coefficient (Wildman–Crippen LogP) is -1.41. The summed E-state index contributed by atoms with van der Waals surface area (Å²) in [7, 11) is 0. The summed E-state index contributed by atoms with van der Waals surface area (Å²) in [4.78, 5) is 0. The molecule has 5 N–H and O–H groups in total. The zero-order valence-corrected chi connectivity index (χ0v) is 4.71. The first-order chi connectivity index (χ1) is 3.89. The van der Waals surface area contributed by atoms with Crippen LogP contribution in [0.5, 0.6) is 0 Å². The van der Waals surface area contributed by atoms with Crippen molar-refractivity contribution in [3.05, 3.63) is 0 Å². The Kier molecular flexibility index (Phi) is 4.89. The molecule has 0 aromatic heterocycles. The molecule has 0 aromatic rings. The molecule has 1 atom stereocenters. The number of hydrazine groups is 1. The maximum atomic E-state index is 8.60. The van der Waals surface area contributed by atoms with Crippen molar-refractivity contribution >= 4 is 0 Å². The summed E-state index contributed by atoms with van der Waals surface area (Å²) in [6, 6.07) is 0. The maximum Gasteiger partial charge on any atom is 0.0795 e. The molecule has 1 unspecified atom stereocenters. The molecule has 0 aromatic carbocycles. The van der Waals surface area contributed by atoms with Gasteiger partial charge < -0.3 is 9.84 Å². The van der Waals surface area contributed by atoms with Crippen LogP contribution in [0, 0.1) is 0 Å². The molecule has 0 spiro atoms. The van der Waals surface area contributed by atoms with Crippen molar-refractivity contribution in [1.82, 2.24) is 0 Å². The lowest BCUT2D eigenvalue weighted by Gasteiger charge is -1.89. The molecule has 0 amide bonds. The van der Waals surface area contributed by atoms with E-state index in [-0.39, 0.29) is 6.10 Å². The summed E-state index contributed by atoms with van der Waals surface area (Å²) in [5, 5.41) is 8.60. The summed E-state index contributed by atoms with van der Waals surface area (Å²) in [5.74, 6) is 8.00. The Bertz CT molecular complexity index is 45.3. The fourth-order valence-corrected chi connectivity index (χ4v) is 0.522. The number of hydrogen-bond donors (Lipinski definition) is 3. The van der Waals surface area contributed by atoms with Gasteiger partial charge >= 0.3 is 0 Å². The molecule has 4 nitrogen and oxygen atoms in total. The predicted molar refractivity (Wildman–Crippen MR) is 29.8 cm³/mol. The minimum absolute atomic E-state index is 0.176. The highest BCUT2D eigenvalue weighted by Crippen LogP contribution is 2.00. The van der Waals surface area contributed by atoms with E-state index in [0.29, 0.717) is 6.61 Å². The lowest BCUT2D eigenvalue weighted by atomic mass is 10.3. The van der Waals surface area contributed by atoms with Crippen molar-refractivity contribution < 1.29 is 9.84 Å². The van der Waals surface area contributed by atoms with Crippen LogP contribution < -0.4 is 11.7 Å². The van der Waals surface area contributed by atoms with Crippen molar-refractivity contribution in [3.8, 4) is 0 Å². The molecular formula is C4H12N2O2. The van der Waals surface area contributed by atoms with E-state index in [1.54, 1.807) is 0 Å². The third-order valence-corrected chi connectivity index (χ3v) is 0.906. The van der Waals surface area contributed by atoms with E-state index in [4.69, 9.17) is 9.84 Å². The van der Waals surface area contributed by atoms with Gasteiger partial charge in [-0.15, -0.1) is 0 Å². The average Bonchev–Trinajstić information content (AvgIpc) is 2.24. The molecule has 1 aliphatic heterocycles. The third kappa shape index (κ3) is 2.92. The molecule has 1 aliphatic rings. The van der Waals surface area contributed by atoms with Gasteiger partial charge in [-0.25, -0.2) is 0 Å². The summed E-state index contributed by atoms with van der Waals surface area (Å²) in [6.45, 7) is 1.28. The fourth-order valence-electron chi connectivity index (χ4n) is 0.522. The number of hydrogen-bond acceptors (Lipinski definition) is 4. The first-order valence-electron chi connectivity index (χ1n) is 2.49. The molecule has 0 radical (unpaired) electrons. The van der Waals surface area contributed by atoms with E-state index in [9.17, 15) is 0 Å². The normalized spacial score (nSPS) is 26.6. The van der Waals surface area contributed by atoms with Gasteiger partial charge in [0.05, 0.1) is 12.7 Å².